The van der Waals surface area contributed by atoms with Crippen LogP contribution >= 0.6 is 15.9 Å². The number of hydrogen-bond acceptors (Lipinski definition) is 3. The van der Waals surface area contributed by atoms with Crippen molar-refractivity contribution in [2.45, 2.75) is 24.6 Å². The topological polar surface area (TPSA) is 47.6 Å². The van der Waals surface area contributed by atoms with Gasteiger partial charge < -0.3 is 14.8 Å². The third-order valence-corrected chi connectivity index (χ3v) is 2.91. The molecule has 0 atom stereocenters. The number of nitrogens with one attached hydrogen (secondary N) is 1. The molecule has 1 aromatic rings. The van der Waals surface area contributed by atoms with E-state index in [0.717, 1.165) is 12.2 Å². The van der Waals surface area contributed by atoms with Gasteiger partial charge in [0.1, 0.15) is 0 Å². The molecule has 1 aliphatic heterocycles. The molecule has 0 unspecified atom stereocenters. The number of ether oxygens (including phenoxy) is 2. The van der Waals surface area contributed by atoms with Crippen molar-refractivity contribution in [3.8, 4) is 11.5 Å². The highest BCUT2D eigenvalue weighted by atomic mass is 79.9. The Morgan fingerprint density at radius 1 is 1.28 bits per heavy atom. The van der Waals surface area contributed by atoms with E-state index in [1.54, 1.807) is 19.9 Å². The maximum Gasteiger partial charge on any atom is 0.240 e. The Hall–Kier alpha value is -1.23. The molecule has 98 valence electrons. The van der Waals surface area contributed by atoms with Crippen LogP contribution in [0, 0.1) is 0 Å². The normalized spacial score (nSPS) is 14.8. The zero-order chi connectivity index (χ0) is 13.2. The third-order valence-electron chi connectivity index (χ3n) is 2.55. The number of benzene rings is 1. The van der Waals surface area contributed by atoms with E-state index in [-0.39, 0.29) is 5.91 Å². The molecular formula is C13H16BrNO3. The van der Waals surface area contributed by atoms with Gasteiger partial charge in [-0.25, -0.2) is 0 Å². The number of anilines is 1. The molecule has 4 nitrogen and oxygen atoms in total. The van der Waals surface area contributed by atoms with Crippen LogP contribution in [0.3, 0.4) is 0 Å². The molecule has 2 rings (SSSR count). The molecule has 1 N–H and O–H groups in total. The number of carbonyl (C=O) groups is 1. The van der Waals surface area contributed by atoms with Crippen LogP contribution in [0.1, 0.15) is 20.3 Å². The monoisotopic (exact) mass is 313 g/mol. The summed E-state index contributed by atoms with van der Waals surface area (Å²) in [6.07, 6.45) is 0.866. The standard InChI is InChI=1S/C13H16BrNO3/c1-13(2,14)12(16)15-9-4-5-10-11(8-9)18-7-3-6-17-10/h4-5,8H,3,6-7H2,1-2H3,(H,15,16). The van der Waals surface area contributed by atoms with Gasteiger partial charge in [-0.2, -0.15) is 0 Å². The van der Waals surface area contributed by atoms with Gasteiger partial charge in [0.15, 0.2) is 11.5 Å². The van der Waals surface area contributed by atoms with Crippen molar-refractivity contribution in [1.82, 2.24) is 0 Å². The summed E-state index contributed by atoms with van der Waals surface area (Å²) in [6.45, 7) is 4.89. The van der Waals surface area contributed by atoms with E-state index >= 15 is 0 Å². The fourth-order valence-corrected chi connectivity index (χ4v) is 1.62. The zero-order valence-corrected chi connectivity index (χ0v) is 12.0. The number of fused-ring (bicyclic) bond motifs is 1. The van der Waals surface area contributed by atoms with Gasteiger partial charge in [-0.05, 0) is 26.0 Å². The summed E-state index contributed by atoms with van der Waals surface area (Å²) in [7, 11) is 0. The SMILES string of the molecule is CC(C)(Br)C(=O)Nc1ccc2c(c1)OCCCO2. The van der Waals surface area contributed by atoms with Crippen LogP contribution < -0.4 is 14.8 Å². The van der Waals surface area contributed by atoms with Gasteiger partial charge in [0, 0.05) is 18.2 Å². The summed E-state index contributed by atoms with van der Waals surface area (Å²) in [4.78, 5) is 11.8. The highest BCUT2D eigenvalue weighted by molar-refractivity contribution is 9.10. The van der Waals surface area contributed by atoms with Crippen LogP contribution in [0.2, 0.25) is 0 Å². The summed E-state index contributed by atoms with van der Waals surface area (Å²) < 4.78 is 10.5. The summed E-state index contributed by atoms with van der Waals surface area (Å²) in [5, 5.41) is 2.83. The summed E-state index contributed by atoms with van der Waals surface area (Å²) in [5.41, 5.74) is 0.705. The van der Waals surface area contributed by atoms with Crippen LogP contribution in [0.15, 0.2) is 18.2 Å². The first kappa shape index (κ1) is 13.2. The Balaban J connectivity index is 2.16. The molecule has 18 heavy (non-hydrogen) atoms. The van der Waals surface area contributed by atoms with Gasteiger partial charge in [-0.15, -0.1) is 0 Å². The number of carbonyl (C=O) groups excluding carboxylic acids is 1. The Labute approximate surface area is 115 Å². The van der Waals surface area contributed by atoms with Crippen LogP contribution in [0.4, 0.5) is 5.69 Å². The van der Waals surface area contributed by atoms with E-state index < -0.39 is 4.32 Å². The number of alkyl halides is 1. The van der Waals surface area contributed by atoms with Gasteiger partial charge >= 0.3 is 0 Å². The lowest BCUT2D eigenvalue weighted by atomic mass is 10.2. The first-order valence-corrected chi connectivity index (χ1v) is 6.66. The molecule has 0 saturated carbocycles. The van der Waals surface area contributed by atoms with Crippen molar-refractivity contribution in [3.63, 3.8) is 0 Å². The second kappa shape index (κ2) is 5.18. The van der Waals surface area contributed by atoms with E-state index in [0.29, 0.717) is 24.7 Å². The molecule has 0 bridgehead atoms. The van der Waals surface area contributed by atoms with Crippen LogP contribution in [0.25, 0.3) is 0 Å². The van der Waals surface area contributed by atoms with Gasteiger partial charge in [0.05, 0.1) is 17.5 Å². The molecule has 0 spiro atoms. The number of rotatable bonds is 2. The van der Waals surface area contributed by atoms with Crippen LogP contribution in [-0.2, 0) is 4.79 Å². The second-order valence-corrected chi connectivity index (χ2v) is 6.62. The molecule has 0 aromatic heterocycles. The minimum atomic E-state index is -0.600. The van der Waals surface area contributed by atoms with Crippen molar-refractivity contribution in [3.05, 3.63) is 18.2 Å². The zero-order valence-electron chi connectivity index (χ0n) is 10.5. The fraction of sp³-hybridized carbons (Fsp3) is 0.462. The lowest BCUT2D eigenvalue weighted by Crippen LogP contribution is -2.30. The first-order valence-electron chi connectivity index (χ1n) is 5.87. The molecule has 0 radical (unpaired) electrons. The van der Waals surface area contributed by atoms with E-state index in [9.17, 15) is 4.79 Å². The molecule has 0 saturated heterocycles. The van der Waals surface area contributed by atoms with Crippen molar-refractivity contribution in [1.29, 1.82) is 0 Å². The maximum absolute atomic E-state index is 11.8. The molecule has 0 fully saturated rings. The van der Waals surface area contributed by atoms with E-state index in [2.05, 4.69) is 21.2 Å². The first-order chi connectivity index (χ1) is 8.47. The molecule has 1 amide bonds. The molecule has 1 aromatic carbocycles. The Morgan fingerprint density at radius 2 is 1.94 bits per heavy atom. The summed E-state index contributed by atoms with van der Waals surface area (Å²) in [6, 6.07) is 5.42. The van der Waals surface area contributed by atoms with Crippen LogP contribution in [-0.4, -0.2) is 23.4 Å². The van der Waals surface area contributed by atoms with Crippen molar-refractivity contribution in [2.24, 2.45) is 0 Å². The lowest BCUT2D eigenvalue weighted by molar-refractivity contribution is -0.117. The smallest absolute Gasteiger partial charge is 0.240 e. The average molecular weight is 314 g/mol. The number of amides is 1. The largest absolute Gasteiger partial charge is 0.490 e. The predicted octanol–water partition coefficient (Wildman–Crippen LogP) is 2.96. The second-order valence-electron chi connectivity index (χ2n) is 4.64. The number of halogens is 1. The van der Waals surface area contributed by atoms with Gasteiger partial charge in [-0.1, -0.05) is 15.9 Å². The molecule has 1 heterocycles. The highest BCUT2D eigenvalue weighted by Crippen LogP contribution is 2.32. The van der Waals surface area contributed by atoms with Crippen molar-refractivity contribution < 1.29 is 14.3 Å². The number of hydrogen-bond donors (Lipinski definition) is 1. The fourth-order valence-electron chi connectivity index (χ4n) is 1.52. The Kier molecular flexibility index (Phi) is 3.80. The molecule has 5 heteroatoms. The predicted molar refractivity (Wildman–Crippen MR) is 73.7 cm³/mol. The Bertz CT molecular complexity index is 454. The van der Waals surface area contributed by atoms with Crippen molar-refractivity contribution >= 4 is 27.5 Å². The van der Waals surface area contributed by atoms with Crippen molar-refractivity contribution in [2.75, 3.05) is 18.5 Å². The molecular weight excluding hydrogens is 298 g/mol. The highest BCUT2D eigenvalue weighted by Gasteiger charge is 2.24. The van der Waals surface area contributed by atoms with Crippen LogP contribution in [0.5, 0.6) is 11.5 Å². The minimum Gasteiger partial charge on any atom is -0.490 e. The van der Waals surface area contributed by atoms with E-state index in [4.69, 9.17) is 9.47 Å². The quantitative estimate of drug-likeness (QED) is 0.854. The van der Waals surface area contributed by atoms with Gasteiger partial charge in [0.25, 0.3) is 0 Å². The van der Waals surface area contributed by atoms with E-state index in [1.165, 1.54) is 0 Å². The average Bonchev–Trinajstić information content (AvgIpc) is 2.52. The minimum absolute atomic E-state index is 0.100. The van der Waals surface area contributed by atoms with Gasteiger partial charge in [-0.3, -0.25) is 4.79 Å². The molecule has 0 aliphatic carbocycles. The molecule has 1 aliphatic rings. The summed E-state index contributed by atoms with van der Waals surface area (Å²) in [5.74, 6) is 1.30. The van der Waals surface area contributed by atoms with E-state index in [1.807, 2.05) is 12.1 Å². The maximum atomic E-state index is 11.8. The van der Waals surface area contributed by atoms with Gasteiger partial charge in [0.2, 0.25) is 5.91 Å². The Morgan fingerprint density at radius 3 is 2.61 bits per heavy atom. The summed E-state index contributed by atoms with van der Waals surface area (Å²) >= 11 is 3.32. The third kappa shape index (κ3) is 3.16. The lowest BCUT2D eigenvalue weighted by Gasteiger charge is -2.16.